The highest BCUT2D eigenvalue weighted by Gasteiger charge is 2.40. The smallest absolute Gasteiger partial charge is 0.292 e. The van der Waals surface area contributed by atoms with E-state index in [1.807, 2.05) is 18.7 Å². The summed E-state index contributed by atoms with van der Waals surface area (Å²) in [7, 11) is 1.76. The summed E-state index contributed by atoms with van der Waals surface area (Å²) in [4.78, 5) is 29.0. The number of likely N-dealkylation sites (tertiary alicyclic amines) is 1. The Hall–Kier alpha value is -1.72. The average molecular weight is 352 g/mol. The number of carbonyl (C=O) groups is 2. The van der Waals surface area contributed by atoms with Crippen molar-refractivity contribution < 1.29 is 19.1 Å². The van der Waals surface area contributed by atoms with Crippen molar-refractivity contribution in [1.82, 2.24) is 9.80 Å². The molecule has 0 bridgehead atoms. The third kappa shape index (κ3) is 4.89. The molecule has 25 heavy (non-hydrogen) atoms. The first-order valence-electron chi connectivity index (χ1n) is 9.02. The van der Waals surface area contributed by atoms with E-state index in [-0.39, 0.29) is 29.0 Å². The minimum atomic E-state index is -0.404. The van der Waals surface area contributed by atoms with Crippen LogP contribution in [0.15, 0.2) is 12.0 Å². The first-order chi connectivity index (χ1) is 11.5. The summed E-state index contributed by atoms with van der Waals surface area (Å²) in [5.41, 5.74) is -0.311. The van der Waals surface area contributed by atoms with Gasteiger partial charge in [-0.3, -0.25) is 9.59 Å². The van der Waals surface area contributed by atoms with Crippen LogP contribution in [-0.4, -0.2) is 61.0 Å². The molecule has 0 aromatic rings. The third-order valence-corrected chi connectivity index (χ3v) is 4.73. The van der Waals surface area contributed by atoms with Crippen LogP contribution in [0, 0.1) is 10.8 Å². The molecule has 2 rings (SSSR count). The molecule has 0 radical (unpaired) electrons. The number of carbonyl (C=O) groups excluding carboxylic acids is 2. The fourth-order valence-corrected chi connectivity index (χ4v) is 3.89. The van der Waals surface area contributed by atoms with Crippen LogP contribution in [0.2, 0.25) is 0 Å². The Kier molecular flexibility index (Phi) is 5.69. The van der Waals surface area contributed by atoms with Crippen molar-refractivity contribution in [2.75, 3.05) is 33.4 Å². The van der Waals surface area contributed by atoms with Crippen molar-refractivity contribution in [3.63, 3.8) is 0 Å². The number of nitrogens with zero attached hydrogens (tertiary/aromatic N) is 2. The molecule has 6 nitrogen and oxygen atoms in total. The lowest BCUT2D eigenvalue weighted by Crippen LogP contribution is -2.45. The van der Waals surface area contributed by atoms with Gasteiger partial charge in [-0.2, -0.15) is 0 Å². The minimum Gasteiger partial charge on any atom is -0.494 e. The number of hydrogen-bond acceptors (Lipinski definition) is 4. The normalized spacial score (nSPS) is 21.3. The molecule has 2 aliphatic heterocycles. The van der Waals surface area contributed by atoms with E-state index in [9.17, 15) is 9.59 Å². The topological polar surface area (TPSA) is 59.1 Å². The number of likely N-dealkylation sites (N-methyl/N-ethyl adjacent to an activating group) is 1. The summed E-state index contributed by atoms with van der Waals surface area (Å²) < 4.78 is 10.5. The van der Waals surface area contributed by atoms with E-state index < -0.39 is 5.41 Å². The number of hydrogen-bond donors (Lipinski definition) is 0. The number of amides is 2. The molecule has 0 saturated carbocycles. The van der Waals surface area contributed by atoms with Crippen molar-refractivity contribution in [3.8, 4) is 0 Å². The summed E-state index contributed by atoms with van der Waals surface area (Å²) in [5, 5.41) is 0. The van der Waals surface area contributed by atoms with Crippen LogP contribution in [0.1, 0.15) is 47.5 Å². The van der Waals surface area contributed by atoms with Gasteiger partial charge in [0, 0.05) is 25.6 Å². The van der Waals surface area contributed by atoms with Gasteiger partial charge in [0.05, 0.1) is 6.04 Å². The lowest BCUT2D eigenvalue weighted by atomic mass is 9.75. The van der Waals surface area contributed by atoms with Crippen molar-refractivity contribution in [2.45, 2.75) is 53.5 Å². The minimum absolute atomic E-state index is 0.00770. The number of ether oxygens (including phenoxy) is 2. The Morgan fingerprint density at radius 3 is 2.48 bits per heavy atom. The van der Waals surface area contributed by atoms with Crippen LogP contribution in [0.4, 0.5) is 0 Å². The highest BCUT2D eigenvalue weighted by Crippen LogP contribution is 2.35. The van der Waals surface area contributed by atoms with Gasteiger partial charge < -0.3 is 19.3 Å². The first-order valence-corrected chi connectivity index (χ1v) is 9.02. The molecule has 2 aliphatic rings. The van der Waals surface area contributed by atoms with Gasteiger partial charge in [-0.25, -0.2) is 0 Å². The van der Waals surface area contributed by atoms with Crippen LogP contribution in [0.25, 0.3) is 0 Å². The molecule has 0 aliphatic carbocycles. The van der Waals surface area contributed by atoms with E-state index in [4.69, 9.17) is 9.47 Å². The summed E-state index contributed by atoms with van der Waals surface area (Å²) in [6, 6.07) is 0.00770. The molecular weight excluding hydrogens is 320 g/mol. The highest BCUT2D eigenvalue weighted by molar-refractivity contribution is 5.91. The molecule has 0 spiro atoms. The Balaban J connectivity index is 1.97. The van der Waals surface area contributed by atoms with Crippen LogP contribution in [0.3, 0.4) is 0 Å². The summed E-state index contributed by atoms with van der Waals surface area (Å²) in [6.07, 6.45) is 2.99. The largest absolute Gasteiger partial charge is 0.494 e. The molecule has 1 saturated heterocycles. The van der Waals surface area contributed by atoms with Crippen LogP contribution < -0.4 is 0 Å². The Morgan fingerprint density at radius 1 is 1.24 bits per heavy atom. The zero-order chi connectivity index (χ0) is 18.8. The zero-order valence-electron chi connectivity index (χ0n) is 16.4. The Labute approximate surface area is 151 Å². The quantitative estimate of drug-likeness (QED) is 0.779. The van der Waals surface area contributed by atoms with Crippen molar-refractivity contribution in [2.24, 2.45) is 10.8 Å². The summed E-state index contributed by atoms with van der Waals surface area (Å²) in [5.74, 6) is 0.224. The zero-order valence-corrected chi connectivity index (χ0v) is 16.4. The Morgan fingerprint density at radius 2 is 1.92 bits per heavy atom. The van der Waals surface area contributed by atoms with E-state index in [2.05, 4.69) is 20.8 Å². The van der Waals surface area contributed by atoms with Crippen LogP contribution in [0.5, 0.6) is 0 Å². The predicted molar refractivity (Wildman–Crippen MR) is 95.6 cm³/mol. The fraction of sp³-hybridized carbons (Fsp3) is 0.789. The molecule has 6 heteroatoms. The fourth-order valence-electron chi connectivity index (χ4n) is 3.89. The SMILES string of the molecule is CN(C(=O)C1=COCCO1)C1CCN(C(=O)C(C)(C)CC(C)(C)C)C1. The molecule has 2 amide bonds. The molecule has 1 atom stereocenters. The van der Waals surface area contributed by atoms with Crippen LogP contribution >= 0.6 is 0 Å². The van der Waals surface area contributed by atoms with Crippen LogP contribution in [-0.2, 0) is 19.1 Å². The molecule has 2 heterocycles. The van der Waals surface area contributed by atoms with Gasteiger partial charge in [0.2, 0.25) is 11.7 Å². The van der Waals surface area contributed by atoms with Crippen molar-refractivity contribution in [3.05, 3.63) is 12.0 Å². The average Bonchev–Trinajstić information content (AvgIpc) is 3.01. The molecule has 1 unspecified atom stereocenters. The van der Waals surface area contributed by atoms with Gasteiger partial charge in [0.1, 0.15) is 19.5 Å². The van der Waals surface area contributed by atoms with E-state index in [1.54, 1.807) is 11.9 Å². The maximum Gasteiger partial charge on any atom is 0.292 e. The van der Waals surface area contributed by atoms with Gasteiger partial charge in [0.15, 0.2) is 0 Å². The van der Waals surface area contributed by atoms with E-state index in [0.29, 0.717) is 26.3 Å². The second-order valence-electron chi connectivity index (χ2n) is 8.93. The molecule has 0 aromatic heterocycles. The molecule has 142 valence electrons. The van der Waals surface area contributed by atoms with Crippen molar-refractivity contribution >= 4 is 11.8 Å². The first kappa shape index (κ1) is 19.6. The second kappa shape index (κ2) is 7.26. The maximum absolute atomic E-state index is 13.0. The number of rotatable bonds is 4. The van der Waals surface area contributed by atoms with E-state index in [1.165, 1.54) is 6.26 Å². The standard InChI is InChI=1S/C19H32N2O4/c1-18(2,3)13-19(4,5)17(23)21-8-7-14(11-21)20(6)16(22)15-12-24-9-10-25-15/h12,14H,7-11,13H2,1-6H3. The van der Waals surface area contributed by atoms with Crippen molar-refractivity contribution in [1.29, 1.82) is 0 Å². The Bertz CT molecular complexity index is 548. The molecular formula is C19H32N2O4. The van der Waals surface area contributed by atoms with E-state index in [0.717, 1.165) is 12.8 Å². The van der Waals surface area contributed by atoms with E-state index >= 15 is 0 Å². The maximum atomic E-state index is 13.0. The molecule has 0 aromatic carbocycles. The van der Waals surface area contributed by atoms with Gasteiger partial charge in [-0.1, -0.05) is 34.6 Å². The van der Waals surface area contributed by atoms with Gasteiger partial charge in [0.25, 0.3) is 5.91 Å². The second-order valence-corrected chi connectivity index (χ2v) is 8.93. The van der Waals surface area contributed by atoms with Gasteiger partial charge >= 0.3 is 0 Å². The molecule has 0 N–H and O–H groups in total. The summed E-state index contributed by atoms with van der Waals surface area (Å²) >= 11 is 0. The van der Waals surface area contributed by atoms with Gasteiger partial charge in [-0.15, -0.1) is 0 Å². The highest BCUT2D eigenvalue weighted by atomic mass is 16.6. The lowest BCUT2D eigenvalue weighted by molar-refractivity contribution is -0.141. The van der Waals surface area contributed by atoms with Gasteiger partial charge in [-0.05, 0) is 18.3 Å². The third-order valence-electron chi connectivity index (χ3n) is 4.73. The summed E-state index contributed by atoms with van der Waals surface area (Å²) in [6.45, 7) is 12.6. The lowest BCUT2D eigenvalue weighted by Gasteiger charge is -2.35. The monoisotopic (exact) mass is 352 g/mol. The predicted octanol–water partition coefficient (Wildman–Crippen LogP) is 2.40. The molecule has 1 fully saturated rings.